The van der Waals surface area contributed by atoms with Gasteiger partial charge in [0.25, 0.3) is 0 Å². The maximum atomic E-state index is 5.07. The fraction of sp³-hybridized carbons (Fsp3) is 0.800. The van der Waals surface area contributed by atoms with Crippen molar-refractivity contribution in [2.75, 3.05) is 13.7 Å². The van der Waals surface area contributed by atoms with E-state index >= 15 is 0 Å². The lowest BCUT2D eigenvalue weighted by atomic mass is 10.1. The van der Waals surface area contributed by atoms with Crippen LogP contribution < -0.4 is 0 Å². The number of hydrogen-bond donors (Lipinski definition) is 0. The molecule has 2 heteroatoms. The molecular weight excluding hydrogens is 216 g/mol. The summed E-state index contributed by atoms with van der Waals surface area (Å²) >= 11 is 3.62. The number of methoxy groups -OCH3 is 1. The Morgan fingerprint density at radius 1 is 1.50 bits per heavy atom. The smallest absolute Gasteiger partial charge is 0.0488 e. The summed E-state index contributed by atoms with van der Waals surface area (Å²) in [6.07, 6.45) is 3.38. The molecule has 1 nitrogen and oxygen atoms in total. The number of alkyl halides is 1. The number of rotatable bonds is 5. The lowest BCUT2D eigenvalue weighted by Gasteiger charge is -2.12. The Bertz CT molecular complexity index is 139. The van der Waals surface area contributed by atoms with E-state index in [1.165, 1.54) is 5.57 Å². The van der Waals surface area contributed by atoms with E-state index < -0.39 is 0 Å². The maximum Gasteiger partial charge on any atom is 0.0488 e. The third-order valence-corrected chi connectivity index (χ3v) is 2.23. The van der Waals surface area contributed by atoms with Gasteiger partial charge >= 0.3 is 0 Å². The molecule has 0 heterocycles. The Hall–Kier alpha value is 0.180. The van der Waals surface area contributed by atoms with E-state index in [0.717, 1.165) is 13.0 Å². The molecule has 12 heavy (non-hydrogen) atoms. The SMILES string of the molecule is COCC(C)CC(Br)C=C(C)C. The van der Waals surface area contributed by atoms with Crippen molar-refractivity contribution >= 4 is 15.9 Å². The minimum absolute atomic E-state index is 0.493. The normalized spacial score (nSPS) is 15.4. The van der Waals surface area contributed by atoms with Gasteiger partial charge in [-0.25, -0.2) is 0 Å². The number of allylic oxidation sites excluding steroid dienone is 2. The summed E-state index contributed by atoms with van der Waals surface area (Å²) in [6, 6.07) is 0. The van der Waals surface area contributed by atoms with Gasteiger partial charge in [0.15, 0.2) is 0 Å². The van der Waals surface area contributed by atoms with Crippen LogP contribution in [0.25, 0.3) is 0 Å². The molecule has 0 amide bonds. The van der Waals surface area contributed by atoms with Crippen LogP contribution in [0.1, 0.15) is 27.2 Å². The molecule has 0 rings (SSSR count). The molecule has 0 spiro atoms. The molecule has 0 N–H and O–H groups in total. The van der Waals surface area contributed by atoms with Gasteiger partial charge in [0, 0.05) is 18.5 Å². The van der Waals surface area contributed by atoms with Crippen LogP contribution in [0.4, 0.5) is 0 Å². The molecule has 0 aliphatic rings. The van der Waals surface area contributed by atoms with E-state index in [0.29, 0.717) is 10.7 Å². The summed E-state index contributed by atoms with van der Waals surface area (Å²) in [4.78, 5) is 0.493. The molecule has 0 saturated heterocycles. The molecule has 0 aromatic rings. The minimum atomic E-state index is 0.493. The molecule has 2 unspecified atom stereocenters. The molecule has 72 valence electrons. The fourth-order valence-electron chi connectivity index (χ4n) is 1.17. The second-order valence-corrected chi connectivity index (χ2v) is 4.73. The standard InChI is InChI=1S/C10H19BrO/c1-8(2)5-10(11)6-9(3)7-12-4/h5,9-10H,6-7H2,1-4H3. The fourth-order valence-corrected chi connectivity index (χ4v) is 2.33. The first-order chi connectivity index (χ1) is 5.56. The zero-order chi connectivity index (χ0) is 9.56. The molecule has 0 bridgehead atoms. The van der Waals surface area contributed by atoms with Crippen LogP contribution in [0.3, 0.4) is 0 Å². The highest BCUT2D eigenvalue weighted by molar-refractivity contribution is 9.09. The van der Waals surface area contributed by atoms with Gasteiger partial charge in [-0.15, -0.1) is 0 Å². The quantitative estimate of drug-likeness (QED) is 0.524. The second-order valence-electron chi connectivity index (χ2n) is 3.56. The molecule has 0 aliphatic heterocycles. The van der Waals surface area contributed by atoms with E-state index in [4.69, 9.17) is 4.74 Å². The largest absolute Gasteiger partial charge is 0.384 e. The molecule has 0 aromatic heterocycles. The van der Waals surface area contributed by atoms with Crippen molar-refractivity contribution in [2.45, 2.75) is 32.0 Å². The predicted octanol–water partition coefficient (Wildman–Crippen LogP) is 3.39. The molecule has 2 atom stereocenters. The van der Waals surface area contributed by atoms with E-state index in [1.807, 2.05) is 0 Å². The molecule has 0 fully saturated rings. The van der Waals surface area contributed by atoms with Gasteiger partial charge in [0.05, 0.1) is 0 Å². The van der Waals surface area contributed by atoms with Crippen LogP contribution >= 0.6 is 15.9 Å². The Labute approximate surface area is 84.3 Å². The van der Waals surface area contributed by atoms with Crippen LogP contribution in [0.5, 0.6) is 0 Å². The third-order valence-electron chi connectivity index (χ3n) is 1.59. The maximum absolute atomic E-state index is 5.07. The molecule has 0 saturated carbocycles. The van der Waals surface area contributed by atoms with Gasteiger partial charge < -0.3 is 4.74 Å². The van der Waals surface area contributed by atoms with Gasteiger partial charge in [0.1, 0.15) is 0 Å². The lowest BCUT2D eigenvalue weighted by molar-refractivity contribution is 0.157. The minimum Gasteiger partial charge on any atom is -0.384 e. The van der Waals surface area contributed by atoms with E-state index in [2.05, 4.69) is 42.8 Å². The highest BCUT2D eigenvalue weighted by atomic mass is 79.9. The summed E-state index contributed by atoms with van der Waals surface area (Å²) in [5, 5.41) is 0. The van der Waals surface area contributed by atoms with Crippen molar-refractivity contribution in [2.24, 2.45) is 5.92 Å². The number of ether oxygens (including phenoxy) is 1. The van der Waals surface area contributed by atoms with Gasteiger partial charge in [0.2, 0.25) is 0 Å². The molecule has 0 aliphatic carbocycles. The zero-order valence-electron chi connectivity index (χ0n) is 8.43. The van der Waals surface area contributed by atoms with Crippen LogP contribution in [0.15, 0.2) is 11.6 Å². The summed E-state index contributed by atoms with van der Waals surface area (Å²) in [5.74, 6) is 0.620. The Morgan fingerprint density at radius 2 is 2.08 bits per heavy atom. The predicted molar refractivity (Wildman–Crippen MR) is 57.8 cm³/mol. The first kappa shape index (κ1) is 12.2. The van der Waals surface area contributed by atoms with Crippen molar-refractivity contribution in [3.05, 3.63) is 11.6 Å². The van der Waals surface area contributed by atoms with Crippen molar-refractivity contribution in [1.82, 2.24) is 0 Å². The van der Waals surface area contributed by atoms with Gasteiger partial charge in [-0.1, -0.05) is 34.5 Å². The first-order valence-electron chi connectivity index (χ1n) is 4.34. The van der Waals surface area contributed by atoms with Gasteiger partial charge in [-0.3, -0.25) is 0 Å². The topological polar surface area (TPSA) is 9.23 Å². The molecular formula is C10H19BrO. The van der Waals surface area contributed by atoms with E-state index in [-0.39, 0.29) is 0 Å². The van der Waals surface area contributed by atoms with Crippen molar-refractivity contribution in [3.8, 4) is 0 Å². The third kappa shape index (κ3) is 6.86. The van der Waals surface area contributed by atoms with Gasteiger partial charge in [-0.05, 0) is 26.2 Å². The Morgan fingerprint density at radius 3 is 2.50 bits per heavy atom. The molecule has 0 radical (unpaired) electrons. The van der Waals surface area contributed by atoms with Gasteiger partial charge in [-0.2, -0.15) is 0 Å². The average Bonchev–Trinajstić information content (AvgIpc) is 1.84. The van der Waals surface area contributed by atoms with Crippen molar-refractivity contribution < 1.29 is 4.74 Å². The molecule has 0 aromatic carbocycles. The second kappa shape index (κ2) is 6.67. The summed E-state index contributed by atoms with van der Waals surface area (Å²) in [6.45, 7) is 7.29. The van der Waals surface area contributed by atoms with Crippen LogP contribution in [-0.2, 0) is 4.74 Å². The summed E-state index contributed by atoms with van der Waals surface area (Å²) in [7, 11) is 1.75. The van der Waals surface area contributed by atoms with Crippen molar-refractivity contribution in [3.63, 3.8) is 0 Å². The lowest BCUT2D eigenvalue weighted by Crippen LogP contribution is -2.08. The Balaban J connectivity index is 3.68. The summed E-state index contributed by atoms with van der Waals surface area (Å²) in [5.41, 5.74) is 1.36. The number of hydrogen-bond acceptors (Lipinski definition) is 1. The van der Waals surface area contributed by atoms with Crippen LogP contribution in [0, 0.1) is 5.92 Å². The van der Waals surface area contributed by atoms with Crippen LogP contribution in [0.2, 0.25) is 0 Å². The average molecular weight is 235 g/mol. The van der Waals surface area contributed by atoms with Crippen LogP contribution in [-0.4, -0.2) is 18.5 Å². The monoisotopic (exact) mass is 234 g/mol. The first-order valence-corrected chi connectivity index (χ1v) is 5.25. The highest BCUT2D eigenvalue weighted by Crippen LogP contribution is 2.16. The highest BCUT2D eigenvalue weighted by Gasteiger charge is 2.06. The zero-order valence-corrected chi connectivity index (χ0v) is 10.0. The van der Waals surface area contributed by atoms with Crippen molar-refractivity contribution in [1.29, 1.82) is 0 Å². The van der Waals surface area contributed by atoms with E-state index in [9.17, 15) is 0 Å². The summed E-state index contributed by atoms with van der Waals surface area (Å²) < 4.78 is 5.07. The van der Waals surface area contributed by atoms with E-state index in [1.54, 1.807) is 7.11 Å². The Kier molecular flexibility index (Phi) is 6.77. The number of halogens is 1.